The van der Waals surface area contributed by atoms with Crippen molar-refractivity contribution in [2.24, 2.45) is 0 Å². The Morgan fingerprint density at radius 3 is 1.90 bits per heavy atom. The molecule has 0 atom stereocenters. The summed E-state index contributed by atoms with van der Waals surface area (Å²) in [4.78, 5) is 0. The molecule has 0 saturated carbocycles. The van der Waals surface area contributed by atoms with E-state index in [0.717, 1.165) is 25.9 Å². The van der Waals surface area contributed by atoms with Crippen molar-refractivity contribution < 1.29 is 4.74 Å². The number of rotatable bonds is 8. The normalized spacial score (nSPS) is 10.7. The maximum Gasteiger partial charge on any atom is 0.108 e. The zero-order chi connectivity index (χ0) is 14.0. The van der Waals surface area contributed by atoms with Gasteiger partial charge in [0, 0.05) is 6.61 Å². The molecule has 2 rings (SSSR count). The summed E-state index contributed by atoms with van der Waals surface area (Å²) in [6, 6.07) is 20.8. The summed E-state index contributed by atoms with van der Waals surface area (Å²) < 4.78 is 6.13. The topological polar surface area (TPSA) is 9.23 Å². The average Bonchev–Trinajstić information content (AvgIpc) is 2.53. The van der Waals surface area contributed by atoms with Gasteiger partial charge in [-0.15, -0.1) is 6.58 Å². The molecule has 0 aliphatic heterocycles. The van der Waals surface area contributed by atoms with Gasteiger partial charge in [-0.05, 0) is 30.4 Å². The molecule has 0 N–H and O–H groups in total. The standard InChI is InChI=1S/C19H22O/c1-2-3-4-11-16-20-19(17-12-7-5-8-13-17)18-14-9-6-10-15-18/h2,5-10,12-15,19H,1,3-4,11,16H2. The lowest BCUT2D eigenvalue weighted by Gasteiger charge is -2.19. The SMILES string of the molecule is C=CCCCCOC(c1ccccc1)c1ccccc1. The van der Waals surface area contributed by atoms with E-state index in [1.165, 1.54) is 11.1 Å². The highest BCUT2D eigenvalue weighted by atomic mass is 16.5. The molecule has 0 spiro atoms. The molecule has 0 aliphatic carbocycles. The lowest BCUT2D eigenvalue weighted by atomic mass is 10.0. The number of benzene rings is 2. The van der Waals surface area contributed by atoms with Crippen LogP contribution >= 0.6 is 0 Å². The minimum absolute atomic E-state index is 0.0288. The zero-order valence-corrected chi connectivity index (χ0v) is 11.9. The summed E-state index contributed by atoms with van der Waals surface area (Å²) in [6.45, 7) is 4.53. The van der Waals surface area contributed by atoms with Crippen molar-refractivity contribution in [3.8, 4) is 0 Å². The van der Waals surface area contributed by atoms with Crippen LogP contribution in [0.1, 0.15) is 36.5 Å². The highest BCUT2D eigenvalue weighted by Gasteiger charge is 2.13. The molecule has 0 aromatic heterocycles. The fourth-order valence-electron chi connectivity index (χ4n) is 2.23. The van der Waals surface area contributed by atoms with Crippen molar-refractivity contribution in [1.82, 2.24) is 0 Å². The molecular weight excluding hydrogens is 244 g/mol. The van der Waals surface area contributed by atoms with Crippen LogP contribution in [0.4, 0.5) is 0 Å². The van der Waals surface area contributed by atoms with Gasteiger partial charge in [0.25, 0.3) is 0 Å². The Hall–Kier alpha value is -1.86. The summed E-state index contributed by atoms with van der Waals surface area (Å²) >= 11 is 0. The quantitative estimate of drug-likeness (QED) is 0.474. The molecule has 0 bridgehead atoms. The fourth-order valence-corrected chi connectivity index (χ4v) is 2.23. The van der Waals surface area contributed by atoms with Gasteiger partial charge in [-0.3, -0.25) is 0 Å². The Bertz CT molecular complexity index is 450. The molecule has 0 heterocycles. The molecule has 0 saturated heterocycles. The van der Waals surface area contributed by atoms with Crippen molar-refractivity contribution in [2.45, 2.75) is 25.4 Å². The van der Waals surface area contributed by atoms with Gasteiger partial charge in [0.1, 0.15) is 6.10 Å². The van der Waals surface area contributed by atoms with Gasteiger partial charge in [0.05, 0.1) is 0 Å². The lowest BCUT2D eigenvalue weighted by molar-refractivity contribution is 0.0773. The molecule has 0 unspecified atom stereocenters. The van der Waals surface area contributed by atoms with Gasteiger partial charge in [-0.25, -0.2) is 0 Å². The largest absolute Gasteiger partial charge is 0.369 e. The van der Waals surface area contributed by atoms with Crippen molar-refractivity contribution in [1.29, 1.82) is 0 Å². The fraction of sp³-hybridized carbons (Fsp3) is 0.263. The van der Waals surface area contributed by atoms with E-state index in [1.807, 2.05) is 18.2 Å². The van der Waals surface area contributed by atoms with Gasteiger partial charge >= 0.3 is 0 Å². The first-order valence-corrected chi connectivity index (χ1v) is 7.24. The Morgan fingerprint density at radius 1 is 0.850 bits per heavy atom. The van der Waals surface area contributed by atoms with Gasteiger partial charge in [-0.2, -0.15) is 0 Å². The van der Waals surface area contributed by atoms with Crippen molar-refractivity contribution in [3.05, 3.63) is 84.4 Å². The van der Waals surface area contributed by atoms with Gasteiger partial charge in [0.15, 0.2) is 0 Å². The van der Waals surface area contributed by atoms with E-state index in [4.69, 9.17) is 4.74 Å². The summed E-state index contributed by atoms with van der Waals surface area (Å²) in [6.07, 6.45) is 5.26. The summed E-state index contributed by atoms with van der Waals surface area (Å²) in [5.74, 6) is 0. The van der Waals surface area contributed by atoms with E-state index in [2.05, 4.69) is 55.1 Å². The molecule has 1 nitrogen and oxygen atoms in total. The van der Waals surface area contributed by atoms with E-state index in [0.29, 0.717) is 0 Å². The maximum atomic E-state index is 6.13. The minimum atomic E-state index is 0.0288. The molecule has 20 heavy (non-hydrogen) atoms. The molecular formula is C19H22O. The first-order valence-electron chi connectivity index (χ1n) is 7.24. The van der Waals surface area contributed by atoms with E-state index < -0.39 is 0 Å². The van der Waals surface area contributed by atoms with Crippen molar-refractivity contribution in [2.75, 3.05) is 6.61 Å². The molecule has 0 aliphatic rings. The molecule has 104 valence electrons. The second-order valence-electron chi connectivity index (χ2n) is 4.86. The third-order valence-electron chi connectivity index (χ3n) is 3.29. The van der Waals surface area contributed by atoms with Crippen LogP contribution in [0, 0.1) is 0 Å². The number of ether oxygens (including phenoxy) is 1. The monoisotopic (exact) mass is 266 g/mol. The highest BCUT2D eigenvalue weighted by Crippen LogP contribution is 2.25. The van der Waals surface area contributed by atoms with Crippen LogP contribution in [0.25, 0.3) is 0 Å². The summed E-state index contributed by atoms with van der Waals surface area (Å²) in [5, 5.41) is 0. The van der Waals surface area contributed by atoms with Crippen LogP contribution in [-0.4, -0.2) is 6.61 Å². The Labute approximate surface area is 121 Å². The number of hydrogen-bond donors (Lipinski definition) is 0. The molecule has 0 amide bonds. The minimum Gasteiger partial charge on any atom is -0.369 e. The van der Waals surface area contributed by atoms with E-state index in [1.54, 1.807) is 0 Å². The molecule has 2 aromatic carbocycles. The maximum absolute atomic E-state index is 6.13. The Kier molecular flexibility index (Phi) is 6.07. The van der Waals surface area contributed by atoms with E-state index in [9.17, 15) is 0 Å². The molecule has 2 aromatic rings. The van der Waals surface area contributed by atoms with E-state index >= 15 is 0 Å². The van der Waals surface area contributed by atoms with Crippen molar-refractivity contribution >= 4 is 0 Å². The highest BCUT2D eigenvalue weighted by molar-refractivity contribution is 5.29. The van der Waals surface area contributed by atoms with Gasteiger partial charge in [-0.1, -0.05) is 66.7 Å². The number of allylic oxidation sites excluding steroid dienone is 1. The smallest absolute Gasteiger partial charge is 0.108 e. The van der Waals surface area contributed by atoms with Crippen molar-refractivity contribution in [3.63, 3.8) is 0 Å². The third kappa shape index (κ3) is 4.36. The first kappa shape index (κ1) is 14.5. The van der Waals surface area contributed by atoms with Crippen LogP contribution in [0.3, 0.4) is 0 Å². The van der Waals surface area contributed by atoms with Crippen LogP contribution in [-0.2, 0) is 4.74 Å². The lowest BCUT2D eigenvalue weighted by Crippen LogP contribution is -2.07. The Morgan fingerprint density at radius 2 is 1.40 bits per heavy atom. The van der Waals surface area contributed by atoms with Crippen LogP contribution in [0.15, 0.2) is 73.3 Å². The van der Waals surface area contributed by atoms with Crippen LogP contribution in [0.5, 0.6) is 0 Å². The molecule has 1 heteroatoms. The average molecular weight is 266 g/mol. The summed E-state index contributed by atoms with van der Waals surface area (Å²) in [7, 11) is 0. The molecule has 0 radical (unpaired) electrons. The Balaban J connectivity index is 2.03. The molecule has 0 fully saturated rings. The van der Waals surface area contributed by atoms with E-state index in [-0.39, 0.29) is 6.10 Å². The summed E-state index contributed by atoms with van der Waals surface area (Å²) in [5.41, 5.74) is 2.42. The second kappa shape index (κ2) is 8.34. The second-order valence-corrected chi connectivity index (χ2v) is 4.86. The first-order chi connectivity index (χ1) is 9.92. The zero-order valence-electron chi connectivity index (χ0n) is 11.9. The number of unbranched alkanes of at least 4 members (excludes halogenated alkanes) is 2. The van der Waals surface area contributed by atoms with Crippen LogP contribution < -0.4 is 0 Å². The predicted octanol–water partition coefficient (Wildman–Crippen LogP) is 5.15. The predicted molar refractivity (Wildman–Crippen MR) is 84.7 cm³/mol. The van der Waals surface area contributed by atoms with Gasteiger partial charge in [0.2, 0.25) is 0 Å². The third-order valence-corrected chi connectivity index (χ3v) is 3.29. The van der Waals surface area contributed by atoms with Crippen LogP contribution in [0.2, 0.25) is 0 Å². The van der Waals surface area contributed by atoms with Gasteiger partial charge < -0.3 is 4.74 Å². The number of hydrogen-bond acceptors (Lipinski definition) is 1.